The van der Waals surface area contributed by atoms with Crippen molar-refractivity contribution in [1.82, 2.24) is 10.2 Å². The summed E-state index contributed by atoms with van der Waals surface area (Å²) < 4.78 is 6.15. The molecular weight excluding hydrogens is 368 g/mol. The summed E-state index contributed by atoms with van der Waals surface area (Å²) in [6.07, 6.45) is 1.96. The quantitative estimate of drug-likeness (QED) is 0.807. The number of ether oxygens (including phenoxy) is 1. The van der Waals surface area contributed by atoms with E-state index in [4.69, 9.17) is 4.74 Å². The van der Waals surface area contributed by atoms with E-state index in [2.05, 4.69) is 21.2 Å². The Bertz CT molecular complexity index is 651. The van der Waals surface area contributed by atoms with Gasteiger partial charge in [-0.1, -0.05) is 0 Å². The molecule has 1 fully saturated rings. The Morgan fingerprint density at radius 3 is 2.82 bits per heavy atom. The molecule has 1 aromatic heterocycles. The van der Waals surface area contributed by atoms with Crippen LogP contribution < -0.4 is 5.32 Å². The second-order valence-corrected chi connectivity index (χ2v) is 7.23. The van der Waals surface area contributed by atoms with Gasteiger partial charge in [0.05, 0.1) is 18.2 Å². The molecule has 0 saturated heterocycles. The summed E-state index contributed by atoms with van der Waals surface area (Å²) in [5.74, 6) is -0.361. The van der Waals surface area contributed by atoms with Crippen LogP contribution in [0, 0.1) is 0 Å². The number of nitrogens with zero attached hydrogens (tertiary/aromatic N) is 1. The molecule has 22 heavy (non-hydrogen) atoms. The Hall–Kier alpha value is -1.34. The number of nitrogens with one attached hydrogen (secondary N) is 1. The molecular formula is C15H17BrN2O3S. The molecule has 1 aromatic rings. The average molecular weight is 385 g/mol. The van der Waals surface area contributed by atoms with Crippen LogP contribution in [0.15, 0.2) is 27.2 Å². The van der Waals surface area contributed by atoms with Crippen LogP contribution in [0.3, 0.4) is 0 Å². The van der Waals surface area contributed by atoms with E-state index in [0.29, 0.717) is 17.9 Å². The zero-order chi connectivity index (χ0) is 15.9. The van der Waals surface area contributed by atoms with Crippen LogP contribution in [0.25, 0.3) is 0 Å². The lowest BCUT2D eigenvalue weighted by Crippen LogP contribution is -2.48. The van der Waals surface area contributed by atoms with Crippen molar-refractivity contribution in [3.63, 3.8) is 0 Å². The largest absolute Gasteiger partial charge is 0.463 e. The molecule has 1 atom stereocenters. The molecule has 2 heterocycles. The van der Waals surface area contributed by atoms with Crippen LogP contribution >= 0.6 is 27.3 Å². The standard InChI is InChI=1S/C15H17BrN2O3S/c1-3-21-14(19)12-8(2)18(10-4-5-10)15(20)17-13(12)11-6-9(16)7-22-11/h6-7,10,13H,3-5H2,1-2H3,(H,17,20)/t13-/m1/s1. The second-order valence-electron chi connectivity index (χ2n) is 5.37. The van der Waals surface area contributed by atoms with Crippen molar-refractivity contribution < 1.29 is 14.3 Å². The number of hydrogen-bond acceptors (Lipinski definition) is 4. The molecule has 1 N–H and O–H groups in total. The van der Waals surface area contributed by atoms with Gasteiger partial charge in [0, 0.05) is 26.5 Å². The molecule has 3 rings (SSSR count). The number of amides is 2. The van der Waals surface area contributed by atoms with Gasteiger partial charge in [0.25, 0.3) is 0 Å². The van der Waals surface area contributed by atoms with Crippen LogP contribution in [0.2, 0.25) is 0 Å². The highest BCUT2D eigenvalue weighted by atomic mass is 79.9. The highest BCUT2D eigenvalue weighted by Gasteiger charge is 2.42. The normalized spacial score (nSPS) is 21.9. The third-order valence-corrected chi connectivity index (χ3v) is 5.56. The maximum atomic E-state index is 12.4. The van der Waals surface area contributed by atoms with Gasteiger partial charge >= 0.3 is 12.0 Å². The number of esters is 1. The van der Waals surface area contributed by atoms with Gasteiger partial charge in [0.2, 0.25) is 0 Å². The topological polar surface area (TPSA) is 58.6 Å². The van der Waals surface area contributed by atoms with Crippen molar-refractivity contribution in [3.05, 3.63) is 32.1 Å². The molecule has 0 spiro atoms. The van der Waals surface area contributed by atoms with Gasteiger partial charge in [-0.2, -0.15) is 0 Å². The number of allylic oxidation sites excluding steroid dienone is 1. The number of carbonyl (C=O) groups excluding carboxylic acids is 2. The summed E-state index contributed by atoms with van der Waals surface area (Å²) in [5.41, 5.74) is 1.24. The molecule has 1 aliphatic carbocycles. The van der Waals surface area contributed by atoms with E-state index in [1.165, 1.54) is 11.3 Å². The van der Waals surface area contributed by atoms with Crippen molar-refractivity contribution in [1.29, 1.82) is 0 Å². The summed E-state index contributed by atoms with van der Waals surface area (Å²) >= 11 is 4.92. The van der Waals surface area contributed by atoms with E-state index in [9.17, 15) is 9.59 Å². The minimum Gasteiger partial charge on any atom is -0.463 e. The Kier molecular flexibility index (Phi) is 4.27. The second kappa shape index (κ2) is 6.04. The first-order valence-corrected chi connectivity index (χ1v) is 8.91. The minimum absolute atomic E-state index is 0.137. The Balaban J connectivity index is 2.04. The Morgan fingerprint density at radius 1 is 1.55 bits per heavy atom. The molecule has 0 aromatic carbocycles. The number of urea groups is 1. The van der Waals surface area contributed by atoms with Gasteiger partial charge in [-0.15, -0.1) is 11.3 Å². The number of hydrogen-bond donors (Lipinski definition) is 1. The highest BCUT2D eigenvalue weighted by Crippen LogP contribution is 2.39. The first-order valence-electron chi connectivity index (χ1n) is 7.24. The van der Waals surface area contributed by atoms with Crippen LogP contribution in [0.1, 0.15) is 37.6 Å². The molecule has 118 valence electrons. The minimum atomic E-state index is -0.446. The van der Waals surface area contributed by atoms with E-state index in [1.807, 2.05) is 18.4 Å². The van der Waals surface area contributed by atoms with E-state index in [1.54, 1.807) is 11.8 Å². The van der Waals surface area contributed by atoms with Gasteiger partial charge in [-0.3, -0.25) is 4.90 Å². The lowest BCUT2D eigenvalue weighted by molar-refractivity contribution is -0.139. The molecule has 7 heteroatoms. The molecule has 0 unspecified atom stereocenters. The fourth-order valence-electron chi connectivity index (χ4n) is 2.70. The third-order valence-electron chi connectivity index (χ3n) is 3.81. The molecule has 0 bridgehead atoms. The summed E-state index contributed by atoms with van der Waals surface area (Å²) in [7, 11) is 0. The fourth-order valence-corrected chi connectivity index (χ4v) is 4.20. The van der Waals surface area contributed by atoms with E-state index in [-0.39, 0.29) is 18.0 Å². The molecule has 0 radical (unpaired) electrons. The lowest BCUT2D eigenvalue weighted by atomic mass is 10.0. The molecule has 1 saturated carbocycles. The van der Waals surface area contributed by atoms with Gasteiger partial charge in [0.15, 0.2) is 0 Å². The summed E-state index contributed by atoms with van der Waals surface area (Å²) in [4.78, 5) is 27.5. The zero-order valence-electron chi connectivity index (χ0n) is 12.4. The number of rotatable bonds is 4. The van der Waals surface area contributed by atoms with E-state index in [0.717, 1.165) is 22.2 Å². The Labute approximate surface area is 141 Å². The Morgan fingerprint density at radius 2 is 2.27 bits per heavy atom. The number of thiophene rings is 1. The molecule has 2 amide bonds. The summed E-state index contributed by atoms with van der Waals surface area (Å²) in [5, 5.41) is 4.89. The molecule has 2 aliphatic rings. The number of halogens is 1. The van der Waals surface area contributed by atoms with Gasteiger partial charge < -0.3 is 10.1 Å². The smallest absolute Gasteiger partial charge is 0.338 e. The first-order chi connectivity index (χ1) is 10.5. The predicted octanol–water partition coefficient (Wildman–Crippen LogP) is 3.58. The van der Waals surface area contributed by atoms with E-state index >= 15 is 0 Å². The average Bonchev–Trinajstić information content (AvgIpc) is 3.19. The molecule has 1 aliphatic heterocycles. The zero-order valence-corrected chi connectivity index (χ0v) is 14.8. The van der Waals surface area contributed by atoms with Crippen molar-refractivity contribution >= 4 is 39.3 Å². The van der Waals surface area contributed by atoms with E-state index < -0.39 is 6.04 Å². The predicted molar refractivity (Wildman–Crippen MR) is 87.5 cm³/mol. The van der Waals surface area contributed by atoms with Crippen LogP contribution in [-0.4, -0.2) is 29.5 Å². The van der Waals surface area contributed by atoms with Crippen molar-refractivity contribution in [3.8, 4) is 0 Å². The van der Waals surface area contributed by atoms with Crippen LogP contribution in [0.4, 0.5) is 4.79 Å². The van der Waals surface area contributed by atoms with Crippen molar-refractivity contribution in [2.45, 2.75) is 38.8 Å². The van der Waals surface area contributed by atoms with Gasteiger partial charge in [-0.25, -0.2) is 9.59 Å². The lowest BCUT2D eigenvalue weighted by Gasteiger charge is -2.35. The van der Waals surface area contributed by atoms with Gasteiger partial charge in [0.1, 0.15) is 0 Å². The van der Waals surface area contributed by atoms with Crippen molar-refractivity contribution in [2.75, 3.05) is 6.61 Å². The van der Waals surface area contributed by atoms with Gasteiger partial charge in [-0.05, 0) is 48.7 Å². The highest BCUT2D eigenvalue weighted by molar-refractivity contribution is 9.10. The fraction of sp³-hybridized carbons (Fsp3) is 0.467. The van der Waals surface area contributed by atoms with Crippen LogP contribution in [0.5, 0.6) is 0 Å². The SMILES string of the molecule is CCOC(=O)C1=C(C)N(C2CC2)C(=O)N[C@@H]1c1cc(Br)cs1. The first kappa shape index (κ1) is 15.6. The maximum absolute atomic E-state index is 12.4. The monoisotopic (exact) mass is 384 g/mol. The summed E-state index contributed by atoms with van der Waals surface area (Å²) in [6, 6.07) is 1.55. The van der Waals surface area contributed by atoms with Crippen molar-refractivity contribution in [2.24, 2.45) is 0 Å². The number of carbonyl (C=O) groups is 2. The molecule has 5 nitrogen and oxygen atoms in total. The van der Waals surface area contributed by atoms with Crippen LogP contribution in [-0.2, 0) is 9.53 Å². The summed E-state index contributed by atoms with van der Waals surface area (Å²) in [6.45, 7) is 3.93. The maximum Gasteiger partial charge on any atom is 0.338 e. The third kappa shape index (κ3) is 2.79.